The molecule has 1 aliphatic heterocycles. The normalized spacial score (nSPS) is 19.7. The number of carbonyl (C=O) groups is 1. The van der Waals surface area contributed by atoms with Crippen LogP contribution >= 0.6 is 12.4 Å². The number of methoxy groups -OCH3 is 1. The van der Waals surface area contributed by atoms with Gasteiger partial charge in [-0.3, -0.25) is 0 Å². The Morgan fingerprint density at radius 2 is 2.53 bits per heavy atom. The monoisotopic (exact) mass is 232 g/mol. The zero-order valence-electron chi connectivity index (χ0n) is 8.36. The highest BCUT2D eigenvalue weighted by atomic mass is 35.5. The Morgan fingerprint density at radius 3 is 3.13 bits per heavy atom. The van der Waals surface area contributed by atoms with Crippen LogP contribution in [0.1, 0.15) is 28.6 Å². The van der Waals surface area contributed by atoms with Gasteiger partial charge in [0, 0.05) is 18.5 Å². The highest BCUT2D eigenvalue weighted by molar-refractivity contribution is 5.86. The van der Waals surface area contributed by atoms with Crippen molar-refractivity contribution in [1.29, 1.82) is 0 Å². The highest BCUT2D eigenvalue weighted by Crippen LogP contribution is 2.21. The summed E-state index contributed by atoms with van der Waals surface area (Å²) in [5.41, 5.74) is 0.829. The van der Waals surface area contributed by atoms with Gasteiger partial charge in [-0.2, -0.15) is 0 Å². The number of hydrogen-bond acceptors (Lipinski definition) is 5. The lowest BCUT2D eigenvalue weighted by Crippen LogP contribution is -2.08. The van der Waals surface area contributed by atoms with E-state index in [0.29, 0.717) is 5.92 Å². The number of ether oxygens (including phenoxy) is 1. The Bertz CT molecular complexity index is 334. The van der Waals surface area contributed by atoms with Crippen LogP contribution in [0.2, 0.25) is 0 Å². The number of esters is 1. The van der Waals surface area contributed by atoms with Crippen molar-refractivity contribution in [3.63, 3.8) is 0 Å². The first-order valence-corrected chi connectivity index (χ1v) is 4.57. The molecule has 84 valence electrons. The van der Waals surface area contributed by atoms with Gasteiger partial charge in [-0.25, -0.2) is 4.79 Å². The summed E-state index contributed by atoms with van der Waals surface area (Å²) in [4.78, 5) is 11.1. The van der Waals surface area contributed by atoms with E-state index < -0.39 is 5.97 Å². The summed E-state index contributed by atoms with van der Waals surface area (Å²) < 4.78 is 9.40. The smallest absolute Gasteiger partial charge is 0.376 e. The molecular weight excluding hydrogens is 220 g/mol. The average Bonchev–Trinajstić information content (AvgIpc) is 2.86. The van der Waals surface area contributed by atoms with Gasteiger partial charge in [0.2, 0.25) is 5.76 Å². The maximum Gasteiger partial charge on any atom is 0.376 e. The number of nitrogens with zero attached hydrogens (tertiary/aromatic N) is 1. The average molecular weight is 233 g/mol. The third-order valence-corrected chi connectivity index (χ3v) is 2.39. The van der Waals surface area contributed by atoms with Crippen LogP contribution in [0.3, 0.4) is 0 Å². The van der Waals surface area contributed by atoms with E-state index in [2.05, 4.69) is 15.2 Å². The van der Waals surface area contributed by atoms with Gasteiger partial charge in [-0.1, -0.05) is 5.16 Å². The Kier molecular flexibility index (Phi) is 4.11. The standard InChI is InChI=1S/C9H12N2O3.ClH/c1-13-9(12)8-4-7(11-14-8)6-2-3-10-5-6;/h4,6,10H,2-3,5H2,1H3;1H/t6-;/m1./s1. The molecule has 0 aliphatic carbocycles. The van der Waals surface area contributed by atoms with Gasteiger partial charge in [0.15, 0.2) is 0 Å². The third-order valence-electron chi connectivity index (χ3n) is 2.39. The molecule has 0 spiro atoms. The van der Waals surface area contributed by atoms with Crippen molar-refractivity contribution in [1.82, 2.24) is 10.5 Å². The molecule has 1 N–H and O–H groups in total. The number of carbonyl (C=O) groups excluding carboxylic acids is 1. The van der Waals surface area contributed by atoms with Gasteiger partial charge in [0.25, 0.3) is 0 Å². The molecule has 0 amide bonds. The highest BCUT2D eigenvalue weighted by Gasteiger charge is 2.22. The molecule has 1 atom stereocenters. The second-order valence-corrected chi connectivity index (χ2v) is 3.30. The van der Waals surface area contributed by atoms with Crippen LogP contribution in [0.25, 0.3) is 0 Å². The summed E-state index contributed by atoms with van der Waals surface area (Å²) in [6, 6.07) is 1.66. The van der Waals surface area contributed by atoms with E-state index in [4.69, 9.17) is 4.52 Å². The molecular formula is C9H13ClN2O3. The number of aromatic nitrogens is 1. The maximum atomic E-state index is 11.1. The van der Waals surface area contributed by atoms with Crippen molar-refractivity contribution in [3.05, 3.63) is 17.5 Å². The van der Waals surface area contributed by atoms with Crippen LogP contribution in [-0.4, -0.2) is 31.3 Å². The summed E-state index contributed by atoms with van der Waals surface area (Å²) in [6.07, 6.45) is 1.03. The van der Waals surface area contributed by atoms with Crippen molar-refractivity contribution in [2.45, 2.75) is 12.3 Å². The third kappa shape index (κ3) is 2.49. The van der Waals surface area contributed by atoms with Gasteiger partial charge >= 0.3 is 5.97 Å². The molecule has 2 heterocycles. The summed E-state index contributed by atoms with van der Waals surface area (Å²) in [7, 11) is 1.32. The van der Waals surface area contributed by atoms with Crippen LogP contribution < -0.4 is 5.32 Å². The molecule has 0 radical (unpaired) electrons. The number of rotatable bonds is 2. The van der Waals surface area contributed by atoms with Gasteiger partial charge < -0.3 is 14.6 Å². The first-order chi connectivity index (χ1) is 6.81. The lowest BCUT2D eigenvalue weighted by atomic mass is 10.1. The van der Waals surface area contributed by atoms with Gasteiger partial charge in [-0.05, 0) is 13.0 Å². The Morgan fingerprint density at radius 1 is 1.73 bits per heavy atom. The first kappa shape index (κ1) is 12.0. The van der Waals surface area contributed by atoms with Crippen molar-refractivity contribution >= 4 is 18.4 Å². The summed E-state index contributed by atoms with van der Waals surface area (Å²) in [5.74, 6) is 0.0567. The van der Waals surface area contributed by atoms with E-state index >= 15 is 0 Å². The molecule has 0 unspecified atom stereocenters. The first-order valence-electron chi connectivity index (χ1n) is 4.57. The molecule has 0 saturated carbocycles. The zero-order valence-corrected chi connectivity index (χ0v) is 9.17. The van der Waals surface area contributed by atoms with Crippen molar-refractivity contribution in [2.75, 3.05) is 20.2 Å². The Labute approximate surface area is 93.6 Å². The predicted molar refractivity (Wildman–Crippen MR) is 55.3 cm³/mol. The van der Waals surface area contributed by atoms with E-state index in [0.717, 1.165) is 25.2 Å². The molecule has 1 aromatic rings. The molecule has 15 heavy (non-hydrogen) atoms. The van der Waals surface area contributed by atoms with E-state index in [1.54, 1.807) is 6.07 Å². The quantitative estimate of drug-likeness (QED) is 0.770. The van der Waals surface area contributed by atoms with Crippen LogP contribution in [0, 0.1) is 0 Å². The molecule has 1 aliphatic rings. The minimum atomic E-state index is -0.477. The summed E-state index contributed by atoms with van der Waals surface area (Å²) >= 11 is 0. The molecule has 2 rings (SSSR count). The van der Waals surface area contributed by atoms with Crippen LogP contribution in [0.15, 0.2) is 10.6 Å². The van der Waals surface area contributed by atoms with E-state index in [1.165, 1.54) is 7.11 Å². The fourth-order valence-electron chi connectivity index (χ4n) is 1.59. The Balaban J connectivity index is 0.00000112. The summed E-state index contributed by atoms with van der Waals surface area (Å²) in [6.45, 7) is 1.89. The molecule has 0 bridgehead atoms. The van der Waals surface area contributed by atoms with Gasteiger partial charge in [0.05, 0.1) is 12.8 Å². The maximum absolute atomic E-state index is 11.1. The van der Waals surface area contributed by atoms with Crippen molar-refractivity contribution < 1.29 is 14.1 Å². The number of nitrogens with one attached hydrogen (secondary N) is 1. The van der Waals surface area contributed by atoms with Gasteiger partial charge in [-0.15, -0.1) is 12.4 Å². The zero-order chi connectivity index (χ0) is 9.97. The molecule has 1 aromatic heterocycles. The van der Waals surface area contributed by atoms with E-state index in [-0.39, 0.29) is 18.2 Å². The van der Waals surface area contributed by atoms with E-state index in [9.17, 15) is 4.79 Å². The SMILES string of the molecule is COC(=O)c1cc([C@@H]2CCNC2)no1.Cl. The molecule has 1 fully saturated rings. The minimum absolute atomic E-state index is 0. The van der Waals surface area contributed by atoms with Crippen molar-refractivity contribution in [2.24, 2.45) is 0 Å². The molecule has 5 nitrogen and oxygen atoms in total. The van der Waals surface area contributed by atoms with Crippen LogP contribution in [-0.2, 0) is 4.74 Å². The molecule has 0 aromatic carbocycles. The largest absolute Gasteiger partial charge is 0.463 e. The second kappa shape index (κ2) is 5.14. The minimum Gasteiger partial charge on any atom is -0.463 e. The number of hydrogen-bond donors (Lipinski definition) is 1. The van der Waals surface area contributed by atoms with Crippen LogP contribution in [0.4, 0.5) is 0 Å². The van der Waals surface area contributed by atoms with Crippen LogP contribution in [0.5, 0.6) is 0 Å². The van der Waals surface area contributed by atoms with E-state index in [1.807, 2.05) is 0 Å². The lowest BCUT2D eigenvalue weighted by Gasteiger charge is -1.99. The molecule has 1 saturated heterocycles. The lowest BCUT2D eigenvalue weighted by molar-refractivity contribution is 0.0554. The second-order valence-electron chi connectivity index (χ2n) is 3.30. The van der Waals surface area contributed by atoms with Crippen molar-refractivity contribution in [3.8, 4) is 0 Å². The fourth-order valence-corrected chi connectivity index (χ4v) is 1.59. The topological polar surface area (TPSA) is 64.4 Å². The van der Waals surface area contributed by atoms with Gasteiger partial charge in [0.1, 0.15) is 0 Å². The summed E-state index contributed by atoms with van der Waals surface area (Å²) in [5, 5.41) is 7.08. The number of halogens is 1. The fraction of sp³-hybridized carbons (Fsp3) is 0.556. The Hall–Kier alpha value is -1.07. The predicted octanol–water partition coefficient (Wildman–Crippen LogP) is 0.960. The molecule has 6 heteroatoms.